The zero-order valence-corrected chi connectivity index (χ0v) is 11.5. The van der Waals surface area contributed by atoms with Crippen molar-refractivity contribution in [3.8, 4) is 0 Å². The van der Waals surface area contributed by atoms with Gasteiger partial charge in [0.05, 0.1) is 6.54 Å². The Morgan fingerprint density at radius 1 is 1.42 bits per heavy atom. The Hall–Kier alpha value is -1.26. The molecule has 1 aliphatic rings. The van der Waals surface area contributed by atoms with E-state index >= 15 is 0 Å². The highest BCUT2D eigenvalue weighted by molar-refractivity contribution is 6.17. The number of hydrogen-bond donors (Lipinski definition) is 2. The van der Waals surface area contributed by atoms with E-state index < -0.39 is 6.03 Å². The fraction of sp³-hybridized carbons (Fsp3) is 0.500. The third kappa shape index (κ3) is 4.11. The number of alkyl halides is 1. The van der Waals surface area contributed by atoms with E-state index in [0.717, 1.165) is 11.5 Å². The van der Waals surface area contributed by atoms with Crippen molar-refractivity contribution in [2.75, 3.05) is 19.0 Å². The quantitative estimate of drug-likeness (QED) is 0.365. The van der Waals surface area contributed by atoms with E-state index in [0.29, 0.717) is 37.2 Å². The molecule has 2 atom stereocenters. The first kappa shape index (κ1) is 14.2. The van der Waals surface area contributed by atoms with Crippen LogP contribution in [0.15, 0.2) is 30.3 Å². The van der Waals surface area contributed by atoms with Crippen molar-refractivity contribution in [3.05, 3.63) is 35.9 Å². The van der Waals surface area contributed by atoms with E-state index in [9.17, 15) is 10.0 Å². The van der Waals surface area contributed by atoms with Crippen LogP contribution in [0.4, 0.5) is 4.79 Å². The monoisotopic (exact) mass is 282 g/mol. The average molecular weight is 283 g/mol. The van der Waals surface area contributed by atoms with Gasteiger partial charge in [-0.15, -0.1) is 11.6 Å². The third-order valence-electron chi connectivity index (χ3n) is 3.38. The lowest BCUT2D eigenvalue weighted by Gasteiger charge is -2.15. The van der Waals surface area contributed by atoms with Crippen LogP contribution in [-0.2, 0) is 0 Å². The second-order valence-corrected chi connectivity index (χ2v) is 5.25. The Morgan fingerprint density at radius 2 is 2.16 bits per heavy atom. The summed E-state index contributed by atoms with van der Waals surface area (Å²) in [5.41, 5.74) is 1.28. The summed E-state index contributed by atoms with van der Waals surface area (Å²) in [6.45, 7) is 0.873. The molecule has 1 aromatic rings. The number of nitrogens with one attached hydrogen (secondary N) is 1. The molecule has 1 fully saturated rings. The smallest absolute Gasteiger partial charge is 0.336 e. The highest BCUT2D eigenvalue weighted by Crippen LogP contribution is 2.47. The molecule has 0 radical (unpaired) electrons. The lowest BCUT2D eigenvalue weighted by atomic mass is 10.1. The van der Waals surface area contributed by atoms with Gasteiger partial charge in [0.2, 0.25) is 0 Å². The highest BCUT2D eigenvalue weighted by atomic mass is 35.5. The van der Waals surface area contributed by atoms with E-state index in [1.165, 1.54) is 5.56 Å². The summed E-state index contributed by atoms with van der Waals surface area (Å²) in [5, 5.41) is 13.1. The van der Waals surface area contributed by atoms with Gasteiger partial charge in [-0.05, 0) is 30.2 Å². The molecule has 0 bridgehead atoms. The van der Waals surface area contributed by atoms with Gasteiger partial charge in [-0.25, -0.2) is 9.86 Å². The standard InChI is InChI=1S/C14H19ClN2O2/c15-7-4-8-16-14(18)17(19)10-12-9-13(12)11-5-2-1-3-6-11/h1-3,5-6,12-13,19H,4,7-10H2,(H,16,18)/t12-,13-/m0/s1. The largest absolute Gasteiger partial charge is 0.341 e. The summed E-state index contributed by atoms with van der Waals surface area (Å²) < 4.78 is 0. The van der Waals surface area contributed by atoms with Crippen LogP contribution in [0.3, 0.4) is 0 Å². The summed E-state index contributed by atoms with van der Waals surface area (Å²) >= 11 is 5.52. The molecular formula is C14H19ClN2O2. The first-order valence-corrected chi connectivity index (χ1v) is 7.11. The first-order chi connectivity index (χ1) is 9.22. The molecule has 0 saturated heterocycles. The molecular weight excluding hydrogens is 264 g/mol. The predicted molar refractivity (Wildman–Crippen MR) is 74.5 cm³/mol. The van der Waals surface area contributed by atoms with Crippen molar-refractivity contribution in [3.63, 3.8) is 0 Å². The zero-order valence-electron chi connectivity index (χ0n) is 10.8. The van der Waals surface area contributed by atoms with Gasteiger partial charge in [0.15, 0.2) is 0 Å². The van der Waals surface area contributed by atoms with Gasteiger partial charge in [-0.3, -0.25) is 5.21 Å². The molecule has 2 N–H and O–H groups in total. The minimum atomic E-state index is -0.441. The van der Waals surface area contributed by atoms with Crippen molar-refractivity contribution in [1.82, 2.24) is 10.4 Å². The van der Waals surface area contributed by atoms with E-state index in [2.05, 4.69) is 17.4 Å². The van der Waals surface area contributed by atoms with Gasteiger partial charge >= 0.3 is 6.03 Å². The summed E-state index contributed by atoms with van der Waals surface area (Å²) in [6.07, 6.45) is 1.73. The Bertz CT molecular complexity index is 413. The van der Waals surface area contributed by atoms with Gasteiger partial charge < -0.3 is 5.32 Å². The molecule has 2 amide bonds. The molecule has 2 rings (SSSR count). The number of hydroxylamine groups is 2. The molecule has 0 spiro atoms. The number of halogens is 1. The van der Waals surface area contributed by atoms with Crippen LogP contribution < -0.4 is 5.32 Å². The summed E-state index contributed by atoms with van der Waals surface area (Å²) in [4.78, 5) is 11.5. The van der Waals surface area contributed by atoms with Crippen LogP contribution in [0.25, 0.3) is 0 Å². The molecule has 0 unspecified atom stereocenters. The van der Waals surface area contributed by atoms with E-state index in [-0.39, 0.29) is 0 Å². The molecule has 1 aliphatic carbocycles. The minimum absolute atomic E-state index is 0.353. The maximum absolute atomic E-state index is 11.5. The van der Waals surface area contributed by atoms with Crippen molar-refractivity contribution in [2.24, 2.45) is 5.92 Å². The van der Waals surface area contributed by atoms with Gasteiger partial charge in [0, 0.05) is 12.4 Å². The normalized spacial score (nSPS) is 20.9. The maximum atomic E-state index is 11.5. The third-order valence-corrected chi connectivity index (χ3v) is 3.65. The van der Waals surface area contributed by atoms with E-state index in [1.807, 2.05) is 18.2 Å². The number of nitrogens with zero attached hydrogens (tertiary/aromatic N) is 1. The molecule has 1 aromatic carbocycles. The van der Waals surface area contributed by atoms with Crippen LogP contribution in [0.2, 0.25) is 0 Å². The van der Waals surface area contributed by atoms with Gasteiger partial charge in [-0.1, -0.05) is 30.3 Å². The molecule has 1 saturated carbocycles. The molecule has 19 heavy (non-hydrogen) atoms. The Kier molecular flexibility index (Phi) is 5.05. The van der Waals surface area contributed by atoms with Crippen molar-refractivity contribution < 1.29 is 10.0 Å². The molecule has 0 aromatic heterocycles. The van der Waals surface area contributed by atoms with Crippen LogP contribution in [0.1, 0.15) is 24.3 Å². The van der Waals surface area contributed by atoms with Crippen LogP contribution >= 0.6 is 11.6 Å². The van der Waals surface area contributed by atoms with Gasteiger partial charge in [-0.2, -0.15) is 0 Å². The molecule has 104 valence electrons. The fourth-order valence-corrected chi connectivity index (χ4v) is 2.35. The second-order valence-electron chi connectivity index (χ2n) is 4.87. The Balaban J connectivity index is 1.73. The summed E-state index contributed by atoms with van der Waals surface area (Å²) in [5.74, 6) is 1.32. The number of hydrogen-bond acceptors (Lipinski definition) is 2. The van der Waals surface area contributed by atoms with E-state index in [1.54, 1.807) is 0 Å². The van der Waals surface area contributed by atoms with Crippen molar-refractivity contribution in [1.29, 1.82) is 0 Å². The molecule has 0 heterocycles. The number of urea groups is 1. The molecule has 0 aliphatic heterocycles. The summed E-state index contributed by atoms with van der Waals surface area (Å²) in [7, 11) is 0. The maximum Gasteiger partial charge on any atom is 0.341 e. The van der Waals surface area contributed by atoms with Crippen LogP contribution in [0, 0.1) is 5.92 Å². The topological polar surface area (TPSA) is 52.6 Å². The SMILES string of the molecule is O=C(NCCCCl)N(O)C[C@@H]1C[C@H]1c1ccccc1. The number of benzene rings is 1. The number of rotatable bonds is 6. The minimum Gasteiger partial charge on any atom is -0.336 e. The number of carbonyl (C=O) groups excluding carboxylic acids is 1. The number of amides is 2. The molecule has 4 nitrogen and oxygen atoms in total. The average Bonchev–Trinajstić information content (AvgIpc) is 3.19. The zero-order chi connectivity index (χ0) is 13.7. The lowest BCUT2D eigenvalue weighted by Crippen LogP contribution is -2.39. The second kappa shape index (κ2) is 6.78. The number of carbonyl (C=O) groups is 1. The first-order valence-electron chi connectivity index (χ1n) is 6.57. The van der Waals surface area contributed by atoms with Crippen molar-refractivity contribution >= 4 is 17.6 Å². The predicted octanol–water partition coefficient (Wildman–Crippen LogP) is 2.82. The molecule has 5 heteroatoms. The van der Waals surface area contributed by atoms with E-state index in [4.69, 9.17) is 11.6 Å². The fourth-order valence-electron chi connectivity index (χ4n) is 2.22. The van der Waals surface area contributed by atoms with Gasteiger partial charge in [0.25, 0.3) is 0 Å². The van der Waals surface area contributed by atoms with Gasteiger partial charge in [0.1, 0.15) is 0 Å². The Labute approximate surface area is 118 Å². The highest BCUT2D eigenvalue weighted by Gasteiger charge is 2.39. The summed E-state index contributed by atoms with van der Waals surface area (Å²) in [6, 6.07) is 9.76. The lowest BCUT2D eigenvalue weighted by molar-refractivity contribution is -0.0468. The van der Waals surface area contributed by atoms with Crippen LogP contribution in [0.5, 0.6) is 0 Å². The Morgan fingerprint density at radius 3 is 2.84 bits per heavy atom. The van der Waals surface area contributed by atoms with Crippen LogP contribution in [-0.4, -0.2) is 35.3 Å². The van der Waals surface area contributed by atoms with Crippen molar-refractivity contribution in [2.45, 2.75) is 18.8 Å².